The number of nitro benzene ring substituents is 1. The summed E-state index contributed by atoms with van der Waals surface area (Å²) in [6, 6.07) is 3.20. The molecule has 0 aromatic heterocycles. The minimum Gasteiger partial charge on any atom is -0.469 e. The number of nitrogens with two attached hydrogens (primary N) is 1. The average molecular weight is 323 g/mol. The summed E-state index contributed by atoms with van der Waals surface area (Å²) in [4.78, 5) is 35.9. The lowest BCUT2D eigenvalue weighted by atomic mass is 10.1. The molecule has 124 valence electrons. The van der Waals surface area contributed by atoms with E-state index in [4.69, 9.17) is 10.5 Å². The normalized spacial score (nSPS) is 17.6. The fraction of sp³-hybridized carbons (Fsp3) is 0.429. The van der Waals surface area contributed by atoms with Gasteiger partial charge in [-0.15, -0.1) is 0 Å². The summed E-state index contributed by atoms with van der Waals surface area (Å²) in [6.45, 7) is 0.774. The zero-order valence-electron chi connectivity index (χ0n) is 12.6. The molecule has 1 saturated heterocycles. The number of non-ortho nitro benzene ring substituents is 1. The first-order chi connectivity index (χ1) is 10.9. The Morgan fingerprint density at radius 2 is 2.26 bits per heavy atom. The number of carbonyl (C=O) groups is 2. The van der Waals surface area contributed by atoms with Crippen LogP contribution in [-0.2, 0) is 14.3 Å². The molecule has 9 heteroatoms. The van der Waals surface area contributed by atoms with Crippen molar-refractivity contribution in [2.45, 2.75) is 12.5 Å². The average Bonchev–Trinajstić information content (AvgIpc) is 2.54. The third-order valence-electron chi connectivity index (χ3n) is 3.60. The second kappa shape index (κ2) is 7.05. The molecule has 23 heavy (non-hydrogen) atoms. The van der Waals surface area contributed by atoms with Gasteiger partial charge in [0.2, 0.25) is 0 Å². The lowest BCUT2D eigenvalue weighted by Gasteiger charge is -2.35. The smallest absolute Gasteiger partial charge is 0.307 e. The molecular formula is C14H17N3O6. The number of nitro groups is 1. The van der Waals surface area contributed by atoms with Crippen molar-refractivity contribution >= 4 is 23.3 Å². The monoisotopic (exact) mass is 323 g/mol. The Bertz CT molecular complexity index is 633. The van der Waals surface area contributed by atoms with Gasteiger partial charge in [0.1, 0.15) is 0 Å². The summed E-state index contributed by atoms with van der Waals surface area (Å²) in [6.07, 6.45) is -0.0168. The van der Waals surface area contributed by atoms with E-state index >= 15 is 0 Å². The number of nitrogens with zero attached hydrogens (tertiary/aromatic N) is 2. The Kier molecular flexibility index (Phi) is 5.12. The molecule has 0 radical (unpaired) electrons. The van der Waals surface area contributed by atoms with Crippen LogP contribution in [0.3, 0.4) is 0 Å². The van der Waals surface area contributed by atoms with Gasteiger partial charge in [0.15, 0.2) is 0 Å². The fourth-order valence-corrected chi connectivity index (χ4v) is 2.36. The van der Waals surface area contributed by atoms with E-state index in [2.05, 4.69) is 4.74 Å². The van der Waals surface area contributed by atoms with Crippen LogP contribution in [0.2, 0.25) is 0 Å². The van der Waals surface area contributed by atoms with Crippen molar-refractivity contribution in [3.8, 4) is 0 Å². The Morgan fingerprint density at radius 1 is 1.52 bits per heavy atom. The van der Waals surface area contributed by atoms with Gasteiger partial charge in [-0.25, -0.2) is 0 Å². The molecule has 2 rings (SSSR count). The Morgan fingerprint density at radius 3 is 2.91 bits per heavy atom. The number of anilines is 1. The second-order valence-corrected chi connectivity index (χ2v) is 5.04. The Hall–Kier alpha value is -2.68. The summed E-state index contributed by atoms with van der Waals surface area (Å²) in [5.74, 6) is -0.936. The van der Waals surface area contributed by atoms with E-state index in [-0.39, 0.29) is 36.5 Å². The number of morpholine rings is 1. The zero-order chi connectivity index (χ0) is 17.0. The summed E-state index contributed by atoms with van der Waals surface area (Å²) >= 11 is 0. The highest BCUT2D eigenvalue weighted by Crippen LogP contribution is 2.23. The first kappa shape index (κ1) is 16.7. The Labute approximate surface area is 132 Å². The molecule has 0 spiro atoms. The Balaban J connectivity index is 2.28. The first-order valence-electron chi connectivity index (χ1n) is 6.93. The molecule has 9 nitrogen and oxygen atoms in total. The van der Waals surface area contributed by atoms with Crippen LogP contribution in [0, 0.1) is 10.1 Å². The maximum absolute atomic E-state index is 12.7. The minimum absolute atomic E-state index is 0.0168. The molecule has 1 aromatic rings. The van der Waals surface area contributed by atoms with Crippen LogP contribution in [0.4, 0.5) is 11.4 Å². The van der Waals surface area contributed by atoms with E-state index in [0.717, 1.165) is 6.07 Å². The van der Waals surface area contributed by atoms with Crippen LogP contribution in [0.5, 0.6) is 0 Å². The molecule has 0 saturated carbocycles. The van der Waals surface area contributed by atoms with Gasteiger partial charge in [-0.05, 0) is 6.07 Å². The number of nitrogen functional groups attached to an aromatic ring is 1. The summed E-state index contributed by atoms with van der Waals surface area (Å²) in [7, 11) is 1.26. The van der Waals surface area contributed by atoms with Crippen LogP contribution >= 0.6 is 0 Å². The number of ether oxygens (including phenoxy) is 2. The van der Waals surface area contributed by atoms with Crippen molar-refractivity contribution in [3.05, 3.63) is 33.9 Å². The highest BCUT2D eigenvalue weighted by atomic mass is 16.6. The molecule has 1 amide bonds. The SMILES string of the molecule is COC(=O)C[C@@H]1COCCN1C(=O)c1cc([N+](=O)[O-])ccc1N. The van der Waals surface area contributed by atoms with Crippen molar-refractivity contribution in [3.63, 3.8) is 0 Å². The molecule has 1 aliphatic rings. The number of rotatable bonds is 4. The second-order valence-electron chi connectivity index (χ2n) is 5.04. The molecule has 0 unspecified atom stereocenters. The predicted octanol–water partition coefficient (Wildman–Crippen LogP) is 0.581. The van der Waals surface area contributed by atoms with E-state index in [1.807, 2.05) is 0 Å². The van der Waals surface area contributed by atoms with Crippen molar-refractivity contribution in [2.75, 3.05) is 32.6 Å². The van der Waals surface area contributed by atoms with Gasteiger partial charge in [0.25, 0.3) is 11.6 Å². The highest BCUT2D eigenvalue weighted by Gasteiger charge is 2.31. The lowest BCUT2D eigenvalue weighted by molar-refractivity contribution is -0.384. The van der Waals surface area contributed by atoms with E-state index in [9.17, 15) is 19.7 Å². The van der Waals surface area contributed by atoms with Crippen molar-refractivity contribution in [1.82, 2.24) is 4.90 Å². The van der Waals surface area contributed by atoms with E-state index in [0.29, 0.717) is 6.61 Å². The van der Waals surface area contributed by atoms with Crippen LogP contribution in [0.15, 0.2) is 18.2 Å². The minimum atomic E-state index is -0.596. The number of hydrogen-bond donors (Lipinski definition) is 1. The molecule has 2 N–H and O–H groups in total. The van der Waals surface area contributed by atoms with Crippen LogP contribution in [0.1, 0.15) is 16.8 Å². The van der Waals surface area contributed by atoms with Gasteiger partial charge in [-0.3, -0.25) is 19.7 Å². The third-order valence-corrected chi connectivity index (χ3v) is 3.60. The number of hydrogen-bond acceptors (Lipinski definition) is 7. The van der Waals surface area contributed by atoms with Gasteiger partial charge in [-0.2, -0.15) is 0 Å². The molecule has 1 fully saturated rings. The molecule has 1 aromatic carbocycles. The quantitative estimate of drug-likeness (QED) is 0.372. The van der Waals surface area contributed by atoms with Crippen LogP contribution in [-0.4, -0.2) is 54.6 Å². The van der Waals surface area contributed by atoms with Gasteiger partial charge in [0.05, 0.1) is 43.3 Å². The molecule has 1 aliphatic heterocycles. The standard InChI is InChI=1S/C14H17N3O6/c1-22-13(18)7-10-8-23-5-4-16(10)14(19)11-6-9(17(20)21)2-3-12(11)15/h2-3,6,10H,4-5,7-8,15H2,1H3/t10-/m1/s1. The molecule has 0 aliphatic carbocycles. The number of amides is 1. The first-order valence-corrected chi connectivity index (χ1v) is 6.93. The molecule has 1 heterocycles. The molecular weight excluding hydrogens is 306 g/mol. The van der Waals surface area contributed by atoms with E-state index in [1.165, 1.54) is 24.1 Å². The lowest BCUT2D eigenvalue weighted by Crippen LogP contribution is -2.49. The van der Waals surface area contributed by atoms with Crippen LogP contribution in [0.25, 0.3) is 0 Å². The van der Waals surface area contributed by atoms with Crippen molar-refractivity contribution in [1.29, 1.82) is 0 Å². The van der Waals surface area contributed by atoms with Gasteiger partial charge in [-0.1, -0.05) is 0 Å². The fourth-order valence-electron chi connectivity index (χ4n) is 2.36. The van der Waals surface area contributed by atoms with Crippen LogP contribution < -0.4 is 5.73 Å². The molecule has 1 atom stereocenters. The van der Waals surface area contributed by atoms with E-state index in [1.54, 1.807) is 0 Å². The third kappa shape index (κ3) is 3.75. The number of methoxy groups -OCH3 is 1. The number of benzene rings is 1. The predicted molar refractivity (Wildman–Crippen MR) is 79.8 cm³/mol. The van der Waals surface area contributed by atoms with Crippen molar-refractivity contribution in [2.24, 2.45) is 0 Å². The largest absolute Gasteiger partial charge is 0.469 e. The topological polar surface area (TPSA) is 125 Å². The van der Waals surface area contributed by atoms with Crippen molar-refractivity contribution < 1.29 is 24.0 Å². The number of esters is 1. The maximum atomic E-state index is 12.7. The summed E-state index contributed by atoms with van der Waals surface area (Å²) in [5.41, 5.74) is 5.74. The maximum Gasteiger partial charge on any atom is 0.307 e. The summed E-state index contributed by atoms with van der Waals surface area (Å²) in [5, 5.41) is 10.9. The molecule has 0 bridgehead atoms. The van der Waals surface area contributed by atoms with Gasteiger partial charge in [0, 0.05) is 24.4 Å². The summed E-state index contributed by atoms with van der Waals surface area (Å²) < 4.78 is 9.91. The highest BCUT2D eigenvalue weighted by molar-refractivity contribution is 6.00. The van der Waals surface area contributed by atoms with E-state index < -0.39 is 22.8 Å². The van der Waals surface area contributed by atoms with Gasteiger partial charge < -0.3 is 20.1 Å². The van der Waals surface area contributed by atoms with Gasteiger partial charge >= 0.3 is 5.97 Å². The number of carbonyl (C=O) groups excluding carboxylic acids is 2. The zero-order valence-corrected chi connectivity index (χ0v) is 12.6.